The Morgan fingerprint density at radius 3 is 2.22 bits per heavy atom. The van der Waals surface area contributed by atoms with Crippen LogP contribution in [-0.4, -0.2) is 28.0 Å². The number of benzene rings is 4. The van der Waals surface area contributed by atoms with Gasteiger partial charge in [-0.1, -0.05) is 66.2 Å². The van der Waals surface area contributed by atoms with E-state index >= 15 is 0 Å². The molecule has 5 rings (SSSR count). The van der Waals surface area contributed by atoms with Gasteiger partial charge in [-0.2, -0.15) is 0 Å². The quantitative estimate of drug-likeness (QED) is 0.105. The summed E-state index contributed by atoms with van der Waals surface area (Å²) in [6.07, 6.45) is 1.30. The fourth-order valence-electron chi connectivity index (χ4n) is 4.40. The highest BCUT2D eigenvalue weighted by Gasteiger charge is 2.19. The van der Waals surface area contributed by atoms with Crippen molar-refractivity contribution in [2.24, 2.45) is 0 Å². The summed E-state index contributed by atoms with van der Waals surface area (Å²) < 4.78 is 14.4. The van der Waals surface area contributed by atoms with Crippen molar-refractivity contribution < 1.29 is 18.8 Å². The molecule has 3 amide bonds. The van der Waals surface area contributed by atoms with Gasteiger partial charge in [0.1, 0.15) is 11.5 Å². The monoisotopic (exact) mass is 650 g/mol. The number of aromatic nitrogens is 1. The Morgan fingerprint density at radius 1 is 0.848 bits per heavy atom. The second-order valence-electron chi connectivity index (χ2n) is 10.4. The number of amides is 3. The van der Waals surface area contributed by atoms with Crippen LogP contribution < -0.4 is 16.0 Å². The van der Waals surface area contributed by atoms with Crippen LogP contribution in [0.4, 0.5) is 15.2 Å². The number of aryl methyl sites for hydroxylation is 2. The Morgan fingerprint density at radius 2 is 1.52 bits per heavy atom. The minimum Gasteiger partial charge on any atom is -0.321 e. The van der Waals surface area contributed by atoms with Gasteiger partial charge in [-0.05, 0) is 69.3 Å². The zero-order valence-electron chi connectivity index (χ0n) is 25.3. The number of hydrogen-bond acceptors (Lipinski definition) is 6. The Kier molecular flexibility index (Phi) is 10.4. The van der Waals surface area contributed by atoms with Crippen LogP contribution in [0.15, 0.2) is 114 Å². The third-order valence-corrected chi connectivity index (χ3v) is 8.88. The second-order valence-corrected chi connectivity index (χ2v) is 13.0. The molecule has 0 bridgehead atoms. The van der Waals surface area contributed by atoms with E-state index in [0.29, 0.717) is 16.4 Å². The zero-order valence-corrected chi connectivity index (χ0v) is 27.0. The van der Waals surface area contributed by atoms with Crippen molar-refractivity contribution in [2.75, 3.05) is 10.6 Å². The van der Waals surface area contributed by atoms with Crippen molar-refractivity contribution in [3.63, 3.8) is 0 Å². The fraction of sp³-hybridized carbons (Fsp3) is 0.111. The smallest absolute Gasteiger partial charge is 0.272 e. The molecule has 7 nitrogen and oxygen atoms in total. The van der Waals surface area contributed by atoms with Gasteiger partial charge in [0.05, 0.1) is 10.9 Å². The highest BCUT2D eigenvalue weighted by Crippen LogP contribution is 2.32. The molecule has 0 spiro atoms. The lowest BCUT2D eigenvalue weighted by Crippen LogP contribution is -2.30. The SMILES string of the molecule is Cc1ccc(-c2nc(NC(=O)C(C)Sc3ccc(NC(=O)/C(=C/c4ccccc4F)NC(=O)c4ccccc4)cc3)sc2C)cc1. The van der Waals surface area contributed by atoms with Gasteiger partial charge in [0.25, 0.3) is 11.8 Å². The number of anilines is 2. The van der Waals surface area contributed by atoms with E-state index < -0.39 is 22.9 Å². The van der Waals surface area contributed by atoms with E-state index in [4.69, 9.17) is 0 Å². The third kappa shape index (κ3) is 8.35. The highest BCUT2D eigenvalue weighted by atomic mass is 32.2. The van der Waals surface area contributed by atoms with Gasteiger partial charge in [0.2, 0.25) is 5.91 Å². The molecule has 1 aromatic heterocycles. The third-order valence-electron chi connectivity index (χ3n) is 6.88. The summed E-state index contributed by atoms with van der Waals surface area (Å²) in [7, 11) is 0. The molecule has 10 heteroatoms. The summed E-state index contributed by atoms with van der Waals surface area (Å²) in [6.45, 7) is 5.83. The summed E-state index contributed by atoms with van der Waals surface area (Å²) in [5.74, 6) is -1.83. The van der Waals surface area contributed by atoms with Crippen molar-refractivity contribution in [1.82, 2.24) is 10.3 Å². The van der Waals surface area contributed by atoms with E-state index in [9.17, 15) is 18.8 Å². The molecular formula is C36H31FN4O3S2. The molecule has 1 unspecified atom stereocenters. The maximum atomic E-state index is 14.4. The Hall–Kier alpha value is -5.06. The van der Waals surface area contributed by atoms with E-state index in [0.717, 1.165) is 21.0 Å². The van der Waals surface area contributed by atoms with Crippen molar-refractivity contribution in [1.29, 1.82) is 0 Å². The molecule has 4 aromatic carbocycles. The van der Waals surface area contributed by atoms with Crippen LogP contribution in [-0.2, 0) is 9.59 Å². The minimum atomic E-state index is -0.621. The molecule has 0 saturated carbocycles. The van der Waals surface area contributed by atoms with Crippen LogP contribution in [0.5, 0.6) is 0 Å². The topological polar surface area (TPSA) is 100 Å². The van der Waals surface area contributed by atoms with Crippen LogP contribution >= 0.6 is 23.1 Å². The molecule has 1 heterocycles. The van der Waals surface area contributed by atoms with Gasteiger partial charge in [0.15, 0.2) is 5.13 Å². The van der Waals surface area contributed by atoms with Crippen molar-refractivity contribution in [2.45, 2.75) is 30.9 Å². The molecule has 0 saturated heterocycles. The molecule has 5 aromatic rings. The first-order chi connectivity index (χ1) is 22.2. The Labute approximate surface area is 275 Å². The largest absolute Gasteiger partial charge is 0.321 e. The van der Waals surface area contributed by atoms with Crippen molar-refractivity contribution in [3.8, 4) is 11.3 Å². The first-order valence-electron chi connectivity index (χ1n) is 14.4. The number of rotatable bonds is 10. The lowest BCUT2D eigenvalue weighted by Gasteiger charge is -2.13. The van der Waals surface area contributed by atoms with Crippen LogP contribution in [0.3, 0.4) is 0 Å². The molecule has 0 aliphatic rings. The average molecular weight is 651 g/mol. The normalized spacial score (nSPS) is 11.9. The van der Waals surface area contributed by atoms with E-state index in [-0.39, 0.29) is 17.2 Å². The number of carbonyl (C=O) groups is 3. The van der Waals surface area contributed by atoms with Gasteiger partial charge in [-0.25, -0.2) is 9.37 Å². The van der Waals surface area contributed by atoms with Gasteiger partial charge in [0, 0.05) is 32.2 Å². The maximum Gasteiger partial charge on any atom is 0.272 e. The first-order valence-corrected chi connectivity index (χ1v) is 16.1. The van der Waals surface area contributed by atoms with E-state index in [1.54, 1.807) is 66.7 Å². The number of carbonyl (C=O) groups excluding carboxylic acids is 3. The standard InChI is InChI=1S/C36H31FN4O3S2/c1-22-13-15-25(16-14-22)32-23(2)46-36(40-32)41-33(42)24(3)45-29-19-17-28(18-20-29)38-35(44)31(21-27-11-7-8-12-30(27)37)39-34(43)26-9-5-4-6-10-26/h4-21,24H,1-3H3,(H,38,44)(H,39,43)(H,40,41,42)/b31-21-. The van der Waals surface area contributed by atoms with E-state index in [2.05, 4.69) is 20.9 Å². The maximum absolute atomic E-state index is 14.4. The number of hydrogen-bond donors (Lipinski definition) is 3. The molecule has 1 atom stereocenters. The van der Waals surface area contributed by atoms with Gasteiger partial charge >= 0.3 is 0 Å². The second kappa shape index (κ2) is 14.8. The van der Waals surface area contributed by atoms with Crippen LogP contribution in [0.1, 0.15) is 33.3 Å². The molecule has 0 aliphatic carbocycles. The predicted octanol–water partition coefficient (Wildman–Crippen LogP) is 8.09. The predicted molar refractivity (Wildman–Crippen MR) is 184 cm³/mol. The van der Waals surface area contributed by atoms with Crippen LogP contribution in [0, 0.1) is 19.7 Å². The van der Waals surface area contributed by atoms with Crippen LogP contribution in [0.25, 0.3) is 17.3 Å². The molecule has 0 fully saturated rings. The molecule has 0 aliphatic heterocycles. The lowest BCUT2D eigenvalue weighted by molar-refractivity contribution is -0.115. The zero-order chi connectivity index (χ0) is 32.6. The number of thiazole rings is 1. The number of halogens is 1. The van der Waals surface area contributed by atoms with Crippen LogP contribution in [0.2, 0.25) is 0 Å². The fourth-order valence-corrected chi connectivity index (χ4v) is 6.11. The minimum absolute atomic E-state index is 0.120. The molecule has 0 radical (unpaired) electrons. The molecular weight excluding hydrogens is 620 g/mol. The first kappa shape index (κ1) is 32.3. The number of nitrogens with zero attached hydrogens (tertiary/aromatic N) is 1. The summed E-state index contributed by atoms with van der Waals surface area (Å²) in [5, 5.41) is 8.42. The van der Waals surface area contributed by atoms with Crippen molar-refractivity contribution >= 4 is 57.7 Å². The lowest BCUT2D eigenvalue weighted by atomic mass is 10.1. The number of nitrogens with one attached hydrogen (secondary N) is 3. The molecule has 232 valence electrons. The summed E-state index contributed by atoms with van der Waals surface area (Å²) in [4.78, 5) is 45.6. The van der Waals surface area contributed by atoms with E-state index in [1.165, 1.54) is 46.9 Å². The molecule has 46 heavy (non-hydrogen) atoms. The van der Waals surface area contributed by atoms with Gasteiger partial charge in [-0.15, -0.1) is 23.1 Å². The summed E-state index contributed by atoms with van der Waals surface area (Å²) in [5.41, 5.74) is 3.87. The molecule has 3 N–H and O–H groups in total. The number of thioether (sulfide) groups is 1. The Bertz CT molecular complexity index is 1890. The Balaban J connectivity index is 1.22. The highest BCUT2D eigenvalue weighted by molar-refractivity contribution is 8.00. The van der Waals surface area contributed by atoms with Crippen molar-refractivity contribution in [3.05, 3.63) is 136 Å². The van der Waals surface area contributed by atoms with Gasteiger partial charge < -0.3 is 16.0 Å². The summed E-state index contributed by atoms with van der Waals surface area (Å²) >= 11 is 2.80. The van der Waals surface area contributed by atoms with E-state index in [1.807, 2.05) is 45.0 Å². The average Bonchev–Trinajstić information content (AvgIpc) is 3.42. The van der Waals surface area contributed by atoms with Gasteiger partial charge in [-0.3, -0.25) is 14.4 Å². The summed E-state index contributed by atoms with van der Waals surface area (Å²) in [6, 6.07) is 29.5.